The summed E-state index contributed by atoms with van der Waals surface area (Å²) in [5.41, 5.74) is 1.55. The smallest absolute Gasteiger partial charge is 0.412 e. The van der Waals surface area contributed by atoms with E-state index >= 15 is 8.78 Å². The van der Waals surface area contributed by atoms with Crippen molar-refractivity contribution in [3.05, 3.63) is 52.0 Å². The van der Waals surface area contributed by atoms with Crippen LogP contribution >= 0.6 is 11.3 Å². The highest BCUT2D eigenvalue weighted by atomic mass is 32.1. The zero-order valence-corrected chi connectivity index (χ0v) is 24.4. The first-order valence-corrected chi connectivity index (χ1v) is 14.6. The van der Waals surface area contributed by atoms with Gasteiger partial charge in [0, 0.05) is 47.9 Å². The van der Waals surface area contributed by atoms with Crippen molar-refractivity contribution in [3.8, 4) is 6.07 Å². The van der Waals surface area contributed by atoms with Gasteiger partial charge in [-0.25, -0.2) is 18.6 Å². The zero-order chi connectivity index (χ0) is 29.5. The number of fused-ring (bicyclic) bond motifs is 5. The Labute approximate surface area is 245 Å². The van der Waals surface area contributed by atoms with Gasteiger partial charge in [-0.2, -0.15) is 5.26 Å². The van der Waals surface area contributed by atoms with Crippen LogP contribution in [0, 0.1) is 17.1 Å². The Balaban J connectivity index is 1.34. The van der Waals surface area contributed by atoms with E-state index < -0.39 is 29.4 Å². The van der Waals surface area contributed by atoms with Crippen molar-refractivity contribution in [2.45, 2.75) is 50.9 Å². The minimum atomic E-state index is -0.929. The molecule has 7 heterocycles. The Kier molecular flexibility index (Phi) is 6.16. The van der Waals surface area contributed by atoms with Gasteiger partial charge in [0.15, 0.2) is 11.8 Å². The number of nitrogens with one attached hydrogen (secondary N) is 2. The average molecular weight is 594 g/mol. The maximum Gasteiger partial charge on any atom is 0.412 e. The van der Waals surface area contributed by atoms with Crippen LogP contribution in [0.15, 0.2) is 39.9 Å². The molecule has 1 amide bonds. The highest BCUT2D eigenvalue weighted by molar-refractivity contribution is 7.23. The summed E-state index contributed by atoms with van der Waals surface area (Å²) in [7, 11) is 2.10. The van der Waals surface area contributed by atoms with Crippen LogP contribution in [0.3, 0.4) is 0 Å². The number of aromatic nitrogens is 1. The van der Waals surface area contributed by atoms with Crippen LogP contribution in [-0.2, 0) is 9.47 Å². The second-order valence-corrected chi connectivity index (χ2v) is 13.2. The van der Waals surface area contributed by atoms with Crippen molar-refractivity contribution in [2.75, 3.05) is 38.7 Å². The third-order valence-corrected chi connectivity index (χ3v) is 9.25. The summed E-state index contributed by atoms with van der Waals surface area (Å²) < 4.78 is 43.1. The molecule has 3 fully saturated rings. The van der Waals surface area contributed by atoms with Gasteiger partial charge in [0.25, 0.3) is 0 Å². The number of anilines is 1. The number of carbonyl (C=O) groups is 1. The Bertz CT molecular complexity index is 1700. The van der Waals surface area contributed by atoms with Crippen molar-refractivity contribution in [1.29, 1.82) is 5.26 Å². The fourth-order valence-electron chi connectivity index (χ4n) is 6.50. The molecule has 0 spiro atoms. The van der Waals surface area contributed by atoms with Gasteiger partial charge in [-0.15, -0.1) is 11.3 Å². The molecule has 5 aliphatic heterocycles. The molecule has 2 aromatic heterocycles. The molecule has 0 aromatic carbocycles. The number of guanidine groups is 1. The molecule has 2 N–H and O–H groups in total. The van der Waals surface area contributed by atoms with Crippen molar-refractivity contribution >= 4 is 44.0 Å². The molecule has 218 valence electrons. The standard InChI is InChI=1S/C29H29F2N7O3S/c1-29(2,3)41-28(39)36-26-15(6-32)21-24(33-8-19(30)25(21)42-26)20-18-12-40-11-17(18)16-7-34-27(35-23(16)22(20)31)38-13-5-14(38)10-37(4)9-13/h7-8,13-14,23H,5,9-12H2,1-4H3,(H,34,35)(H,36,39). The van der Waals surface area contributed by atoms with Gasteiger partial charge < -0.3 is 24.6 Å². The van der Waals surface area contributed by atoms with Gasteiger partial charge in [0.05, 0.1) is 35.4 Å². The number of piperidine rings is 1. The van der Waals surface area contributed by atoms with Gasteiger partial charge in [0.2, 0.25) is 0 Å². The molecule has 3 saturated heterocycles. The third kappa shape index (κ3) is 4.20. The zero-order valence-electron chi connectivity index (χ0n) is 23.5. The fraction of sp³-hybridized carbons (Fsp3) is 0.448. The van der Waals surface area contributed by atoms with Crippen LogP contribution in [0.25, 0.3) is 15.7 Å². The SMILES string of the molecule is CN1CC2CC(C1)N2C1=NC2C(=CN1)C1=C(COC1)C(c1ncc(F)c3sc(NC(=O)OC(C)(C)C)c(C#N)c13)=C2F. The number of aliphatic imine (C=N–C) groups is 1. The molecule has 6 aliphatic rings. The predicted octanol–water partition coefficient (Wildman–Crippen LogP) is 4.28. The van der Waals surface area contributed by atoms with E-state index in [-0.39, 0.29) is 45.1 Å². The number of carbonyl (C=O) groups excluding carboxylic acids is 1. The monoisotopic (exact) mass is 593 g/mol. The Morgan fingerprint density at radius 2 is 2.00 bits per heavy atom. The number of ether oxygens (including phenoxy) is 2. The molecule has 0 radical (unpaired) electrons. The average Bonchev–Trinajstić information content (AvgIpc) is 3.54. The molecule has 2 aromatic rings. The second kappa shape index (κ2) is 9.58. The molecule has 1 aliphatic carbocycles. The molecule has 10 nitrogen and oxygen atoms in total. The van der Waals surface area contributed by atoms with Crippen LogP contribution in [0.4, 0.5) is 18.6 Å². The van der Waals surface area contributed by atoms with E-state index in [2.05, 4.69) is 38.5 Å². The normalized spacial score (nSPS) is 25.3. The van der Waals surface area contributed by atoms with Crippen molar-refractivity contribution in [3.63, 3.8) is 0 Å². The van der Waals surface area contributed by atoms with Gasteiger partial charge in [-0.1, -0.05) is 0 Å². The quantitative estimate of drug-likeness (QED) is 0.531. The van der Waals surface area contributed by atoms with Crippen molar-refractivity contribution < 1.29 is 23.0 Å². The topological polar surface area (TPSA) is 115 Å². The number of hydrogen-bond donors (Lipinski definition) is 2. The number of thiophene rings is 1. The van der Waals surface area contributed by atoms with E-state index in [0.29, 0.717) is 29.2 Å². The maximum absolute atomic E-state index is 16.8. The van der Waals surface area contributed by atoms with Gasteiger partial charge in [0.1, 0.15) is 28.5 Å². The predicted molar refractivity (Wildman–Crippen MR) is 154 cm³/mol. The summed E-state index contributed by atoms with van der Waals surface area (Å²) >= 11 is 0.880. The van der Waals surface area contributed by atoms with E-state index in [1.54, 1.807) is 20.8 Å². The van der Waals surface area contributed by atoms with Crippen molar-refractivity contribution in [1.82, 2.24) is 20.1 Å². The summed E-state index contributed by atoms with van der Waals surface area (Å²) in [6.45, 7) is 7.36. The Morgan fingerprint density at radius 1 is 1.26 bits per heavy atom. The molecular weight excluding hydrogens is 564 g/mol. The summed E-state index contributed by atoms with van der Waals surface area (Å²) in [6, 6.07) is 1.77. The van der Waals surface area contributed by atoms with Crippen LogP contribution in [0.2, 0.25) is 0 Å². The Morgan fingerprint density at radius 3 is 2.71 bits per heavy atom. The van der Waals surface area contributed by atoms with E-state index in [1.165, 1.54) is 0 Å². The molecule has 0 saturated carbocycles. The largest absolute Gasteiger partial charge is 0.444 e. The Hall–Kier alpha value is -3.86. The lowest BCUT2D eigenvalue weighted by Gasteiger charge is -2.57. The number of halogens is 2. The fourth-order valence-corrected chi connectivity index (χ4v) is 7.54. The number of hydrogen-bond acceptors (Lipinski definition) is 10. The maximum atomic E-state index is 16.8. The van der Waals surface area contributed by atoms with Crippen molar-refractivity contribution in [2.24, 2.45) is 4.99 Å². The van der Waals surface area contributed by atoms with Crippen LogP contribution in [-0.4, -0.2) is 83.9 Å². The summed E-state index contributed by atoms with van der Waals surface area (Å²) in [6.07, 6.45) is 3.12. The summed E-state index contributed by atoms with van der Waals surface area (Å²) in [4.78, 5) is 26.2. The van der Waals surface area contributed by atoms with Gasteiger partial charge in [-0.3, -0.25) is 10.3 Å². The number of amides is 1. The minimum absolute atomic E-state index is 0.0161. The number of likely N-dealkylation sites (N-methyl/N-ethyl adjacent to an activating group) is 1. The van der Waals surface area contributed by atoms with Crippen LogP contribution in [0.5, 0.6) is 0 Å². The summed E-state index contributed by atoms with van der Waals surface area (Å²) in [5.74, 6) is -0.590. The number of piperazine rings is 1. The number of nitriles is 1. The third-order valence-electron chi connectivity index (χ3n) is 8.14. The van der Waals surface area contributed by atoms with Crippen LogP contribution < -0.4 is 10.6 Å². The molecule has 13 heteroatoms. The lowest BCUT2D eigenvalue weighted by molar-refractivity contribution is -0.00880. The highest BCUT2D eigenvalue weighted by Gasteiger charge is 2.47. The van der Waals surface area contributed by atoms with Gasteiger partial charge >= 0.3 is 6.09 Å². The first-order valence-electron chi connectivity index (χ1n) is 13.8. The molecule has 8 rings (SSSR count). The molecule has 3 atom stereocenters. The lowest BCUT2D eigenvalue weighted by Crippen LogP contribution is -2.71. The number of rotatable bonds is 2. The lowest BCUT2D eigenvalue weighted by atomic mass is 9.82. The summed E-state index contributed by atoms with van der Waals surface area (Å²) in [5, 5.41) is 16.2. The van der Waals surface area contributed by atoms with E-state index in [0.717, 1.165) is 42.6 Å². The molecular formula is C29H29F2N7O3S. The molecule has 42 heavy (non-hydrogen) atoms. The highest BCUT2D eigenvalue weighted by Crippen LogP contribution is 2.48. The number of nitrogens with zero attached hydrogens (tertiary/aromatic N) is 5. The van der Waals surface area contributed by atoms with Gasteiger partial charge in [-0.05, 0) is 45.4 Å². The van der Waals surface area contributed by atoms with E-state index in [4.69, 9.17) is 14.5 Å². The second-order valence-electron chi connectivity index (χ2n) is 12.1. The molecule has 3 unspecified atom stereocenters. The minimum Gasteiger partial charge on any atom is -0.444 e. The van der Waals surface area contributed by atoms with E-state index in [1.807, 2.05) is 6.20 Å². The van der Waals surface area contributed by atoms with E-state index in [9.17, 15) is 10.1 Å². The number of pyridine rings is 1. The first kappa shape index (κ1) is 27.0. The van der Waals surface area contributed by atoms with Crippen LogP contribution in [0.1, 0.15) is 38.4 Å². The molecule has 2 bridgehead atoms. The first-order chi connectivity index (χ1) is 20.0.